The Morgan fingerprint density at radius 1 is 0.909 bits per heavy atom. The van der Waals surface area contributed by atoms with Gasteiger partial charge in [-0.05, 0) is 42.3 Å². The number of piperazine rings is 1. The molecule has 0 bridgehead atoms. The molecule has 3 aromatic rings. The second-order valence-corrected chi connectivity index (χ2v) is 8.88. The van der Waals surface area contributed by atoms with E-state index in [4.69, 9.17) is 17.3 Å². The van der Waals surface area contributed by atoms with Gasteiger partial charge in [0.15, 0.2) is 0 Å². The number of carbonyl (C=O) groups is 1. The fourth-order valence-electron chi connectivity index (χ4n) is 4.45. The summed E-state index contributed by atoms with van der Waals surface area (Å²) in [5.41, 5.74) is 9.45. The van der Waals surface area contributed by atoms with Crippen LogP contribution in [0.3, 0.4) is 0 Å². The van der Waals surface area contributed by atoms with Crippen LogP contribution in [0.2, 0.25) is 5.02 Å². The minimum atomic E-state index is -0.173. The molecule has 6 heteroatoms. The van der Waals surface area contributed by atoms with E-state index in [1.807, 2.05) is 0 Å². The van der Waals surface area contributed by atoms with Gasteiger partial charge in [-0.1, -0.05) is 72.3 Å². The lowest BCUT2D eigenvalue weighted by molar-refractivity contribution is 0.0942. The average Bonchev–Trinajstić information content (AvgIpc) is 2.85. The van der Waals surface area contributed by atoms with Gasteiger partial charge in [-0.25, -0.2) is 0 Å². The number of nitrogen functional groups attached to an aromatic ring is 1. The summed E-state index contributed by atoms with van der Waals surface area (Å²) < 4.78 is 0. The van der Waals surface area contributed by atoms with Crippen LogP contribution in [0.4, 0.5) is 5.69 Å². The highest BCUT2D eigenvalue weighted by molar-refractivity contribution is 6.31. The standard InChI is InChI=1S/C27H31ClN4O/c28-23-12-13-25(29)24(20-23)27(33)30-14-7-15-31-16-18-32(19-17-31)26(21-8-3-1-4-9-21)22-10-5-2-6-11-22/h1-6,8-13,20,26H,7,14-19,29H2,(H,30,33). The van der Waals surface area contributed by atoms with Crippen molar-refractivity contribution in [3.05, 3.63) is 101 Å². The summed E-state index contributed by atoms with van der Waals surface area (Å²) in [5.74, 6) is -0.173. The molecule has 5 nitrogen and oxygen atoms in total. The van der Waals surface area contributed by atoms with E-state index >= 15 is 0 Å². The molecule has 1 aliphatic rings. The minimum Gasteiger partial charge on any atom is -0.398 e. The van der Waals surface area contributed by atoms with Gasteiger partial charge in [0.05, 0.1) is 11.6 Å². The third-order valence-electron chi connectivity index (χ3n) is 6.20. The van der Waals surface area contributed by atoms with Gasteiger partial charge in [0, 0.05) is 43.4 Å². The van der Waals surface area contributed by atoms with Crippen LogP contribution in [0, 0.1) is 0 Å². The van der Waals surface area contributed by atoms with Crippen molar-refractivity contribution in [2.45, 2.75) is 12.5 Å². The van der Waals surface area contributed by atoms with E-state index in [-0.39, 0.29) is 11.9 Å². The van der Waals surface area contributed by atoms with Gasteiger partial charge in [0.25, 0.3) is 5.91 Å². The van der Waals surface area contributed by atoms with Crippen LogP contribution in [0.5, 0.6) is 0 Å². The number of hydrogen-bond donors (Lipinski definition) is 2. The predicted molar refractivity (Wildman–Crippen MR) is 136 cm³/mol. The molecule has 1 aliphatic heterocycles. The lowest BCUT2D eigenvalue weighted by Gasteiger charge is -2.39. The molecule has 1 fully saturated rings. The number of benzene rings is 3. The van der Waals surface area contributed by atoms with E-state index < -0.39 is 0 Å². The number of nitrogens with one attached hydrogen (secondary N) is 1. The van der Waals surface area contributed by atoms with Crippen LogP contribution in [-0.2, 0) is 0 Å². The first-order chi connectivity index (χ1) is 16.1. The molecular weight excluding hydrogens is 432 g/mol. The Labute approximate surface area is 201 Å². The van der Waals surface area contributed by atoms with Crippen LogP contribution in [0.25, 0.3) is 0 Å². The molecule has 0 radical (unpaired) electrons. The maximum atomic E-state index is 12.4. The third kappa shape index (κ3) is 6.14. The maximum absolute atomic E-state index is 12.4. The Kier molecular flexibility index (Phi) is 8.00. The summed E-state index contributed by atoms with van der Waals surface area (Å²) in [6.07, 6.45) is 0.896. The van der Waals surface area contributed by atoms with Crippen molar-refractivity contribution in [2.75, 3.05) is 45.0 Å². The number of rotatable bonds is 8. The number of halogens is 1. The summed E-state index contributed by atoms with van der Waals surface area (Å²) in [5, 5.41) is 3.47. The molecule has 0 saturated carbocycles. The fraction of sp³-hybridized carbons (Fsp3) is 0.296. The molecule has 0 unspecified atom stereocenters. The number of nitrogens with zero attached hydrogens (tertiary/aromatic N) is 2. The Morgan fingerprint density at radius 2 is 1.52 bits per heavy atom. The van der Waals surface area contributed by atoms with E-state index in [0.29, 0.717) is 22.8 Å². The highest BCUT2D eigenvalue weighted by Crippen LogP contribution is 2.29. The van der Waals surface area contributed by atoms with Crippen molar-refractivity contribution in [1.82, 2.24) is 15.1 Å². The van der Waals surface area contributed by atoms with E-state index in [0.717, 1.165) is 39.1 Å². The molecule has 0 spiro atoms. The maximum Gasteiger partial charge on any atom is 0.253 e. The third-order valence-corrected chi connectivity index (χ3v) is 6.43. The second kappa shape index (κ2) is 11.3. The molecule has 0 atom stereocenters. The summed E-state index contributed by atoms with van der Waals surface area (Å²) in [7, 11) is 0. The number of amides is 1. The normalized spacial score (nSPS) is 15.0. The van der Waals surface area contributed by atoms with Crippen molar-refractivity contribution in [3.63, 3.8) is 0 Å². The highest BCUT2D eigenvalue weighted by Gasteiger charge is 2.26. The van der Waals surface area contributed by atoms with Crippen molar-refractivity contribution < 1.29 is 4.79 Å². The quantitative estimate of drug-likeness (QED) is 0.383. The van der Waals surface area contributed by atoms with Crippen LogP contribution >= 0.6 is 11.6 Å². The highest BCUT2D eigenvalue weighted by atomic mass is 35.5. The zero-order valence-electron chi connectivity index (χ0n) is 18.8. The van der Waals surface area contributed by atoms with E-state index in [2.05, 4.69) is 75.8 Å². The fourth-order valence-corrected chi connectivity index (χ4v) is 4.63. The molecule has 33 heavy (non-hydrogen) atoms. The van der Waals surface area contributed by atoms with Crippen LogP contribution in [-0.4, -0.2) is 55.0 Å². The Bertz CT molecular complexity index is 997. The van der Waals surface area contributed by atoms with Crippen molar-refractivity contribution in [1.29, 1.82) is 0 Å². The van der Waals surface area contributed by atoms with Crippen molar-refractivity contribution >= 4 is 23.2 Å². The molecule has 4 rings (SSSR count). The Hall–Kier alpha value is -2.86. The summed E-state index contributed by atoms with van der Waals surface area (Å²) in [4.78, 5) is 17.4. The summed E-state index contributed by atoms with van der Waals surface area (Å²) >= 11 is 5.99. The Morgan fingerprint density at radius 3 is 2.12 bits per heavy atom. The summed E-state index contributed by atoms with van der Waals surface area (Å²) in [6.45, 7) is 5.64. The van der Waals surface area contributed by atoms with Gasteiger partial charge in [-0.2, -0.15) is 0 Å². The van der Waals surface area contributed by atoms with Gasteiger partial charge in [-0.15, -0.1) is 0 Å². The molecule has 1 amide bonds. The molecule has 172 valence electrons. The molecule has 0 aromatic heterocycles. The van der Waals surface area contributed by atoms with Gasteiger partial charge in [0.1, 0.15) is 0 Å². The molecule has 3 N–H and O–H groups in total. The molecular formula is C27H31ClN4O. The topological polar surface area (TPSA) is 61.6 Å². The molecule has 0 aliphatic carbocycles. The van der Waals surface area contributed by atoms with E-state index in [1.165, 1.54) is 11.1 Å². The first kappa shape index (κ1) is 23.3. The number of hydrogen-bond acceptors (Lipinski definition) is 4. The predicted octanol–water partition coefficient (Wildman–Crippen LogP) is 4.45. The van der Waals surface area contributed by atoms with Gasteiger partial charge in [-0.3, -0.25) is 9.69 Å². The van der Waals surface area contributed by atoms with Gasteiger partial charge < -0.3 is 16.0 Å². The monoisotopic (exact) mass is 462 g/mol. The number of anilines is 1. The van der Waals surface area contributed by atoms with Crippen LogP contribution < -0.4 is 11.1 Å². The summed E-state index contributed by atoms with van der Waals surface area (Å²) in [6, 6.07) is 26.7. The zero-order valence-corrected chi connectivity index (χ0v) is 19.5. The smallest absolute Gasteiger partial charge is 0.253 e. The molecule has 1 heterocycles. The first-order valence-electron chi connectivity index (χ1n) is 11.5. The number of carbonyl (C=O) groups excluding carboxylic acids is 1. The lowest BCUT2D eigenvalue weighted by Crippen LogP contribution is -2.48. The van der Waals surface area contributed by atoms with E-state index in [9.17, 15) is 4.79 Å². The SMILES string of the molecule is Nc1ccc(Cl)cc1C(=O)NCCCN1CCN(C(c2ccccc2)c2ccccc2)CC1. The second-order valence-electron chi connectivity index (χ2n) is 8.44. The minimum absolute atomic E-state index is 0.173. The molecule has 3 aromatic carbocycles. The van der Waals surface area contributed by atoms with Gasteiger partial charge in [0.2, 0.25) is 0 Å². The largest absolute Gasteiger partial charge is 0.398 e. The first-order valence-corrected chi connectivity index (χ1v) is 11.9. The average molecular weight is 463 g/mol. The number of nitrogens with two attached hydrogens (primary N) is 1. The van der Waals surface area contributed by atoms with Crippen molar-refractivity contribution in [2.24, 2.45) is 0 Å². The zero-order chi connectivity index (χ0) is 23.0. The van der Waals surface area contributed by atoms with E-state index in [1.54, 1.807) is 18.2 Å². The van der Waals surface area contributed by atoms with Gasteiger partial charge >= 0.3 is 0 Å². The lowest BCUT2D eigenvalue weighted by atomic mass is 9.96. The molecule has 1 saturated heterocycles. The Balaban J connectivity index is 1.27. The van der Waals surface area contributed by atoms with Crippen LogP contribution in [0.15, 0.2) is 78.9 Å². The van der Waals surface area contributed by atoms with Crippen LogP contribution in [0.1, 0.15) is 33.9 Å². The van der Waals surface area contributed by atoms with Crippen molar-refractivity contribution in [3.8, 4) is 0 Å².